The summed E-state index contributed by atoms with van der Waals surface area (Å²) in [5, 5.41) is 3.05. The van der Waals surface area contributed by atoms with Gasteiger partial charge in [0.15, 0.2) is 0 Å². The van der Waals surface area contributed by atoms with Crippen LogP contribution in [0.25, 0.3) is 0 Å². The second kappa shape index (κ2) is 8.64. The maximum absolute atomic E-state index is 12.3. The van der Waals surface area contributed by atoms with Gasteiger partial charge in [0.1, 0.15) is 0 Å². The number of hydrogen-bond acceptors (Lipinski definition) is 4. The average Bonchev–Trinajstić information content (AvgIpc) is 3.24. The van der Waals surface area contributed by atoms with E-state index in [1.54, 1.807) is 0 Å². The Bertz CT molecular complexity index is 646. The highest BCUT2D eigenvalue weighted by Crippen LogP contribution is 2.17. The fourth-order valence-electron chi connectivity index (χ4n) is 3.79. The molecule has 2 fully saturated rings. The van der Waals surface area contributed by atoms with E-state index in [0.29, 0.717) is 32.1 Å². The summed E-state index contributed by atoms with van der Waals surface area (Å²) in [6.45, 7) is 4.38. The van der Waals surface area contributed by atoms with E-state index < -0.39 is 0 Å². The largest absolute Gasteiger partial charge is 0.351 e. The number of amides is 2. The molecule has 0 radical (unpaired) electrons. The van der Waals surface area contributed by atoms with Gasteiger partial charge in [-0.05, 0) is 38.1 Å². The van der Waals surface area contributed by atoms with E-state index in [1.807, 2.05) is 23.1 Å². The molecule has 6 nitrogen and oxygen atoms in total. The van der Waals surface area contributed by atoms with Crippen molar-refractivity contribution in [1.29, 1.82) is 0 Å². The summed E-state index contributed by atoms with van der Waals surface area (Å²) < 4.78 is 0. The molecule has 0 spiro atoms. The third kappa shape index (κ3) is 4.83. The molecule has 1 aromatic carbocycles. The molecule has 1 aromatic rings. The van der Waals surface area contributed by atoms with Crippen LogP contribution in [0.4, 0.5) is 0 Å². The SMILES string of the molecule is CN(C)C1CCN(CC(=O)NCc2ccccc2CN2CCCC2=O)C1. The summed E-state index contributed by atoms with van der Waals surface area (Å²) in [5.74, 6) is 0.296. The Morgan fingerprint density at radius 3 is 2.65 bits per heavy atom. The van der Waals surface area contributed by atoms with Crippen molar-refractivity contribution in [2.75, 3.05) is 40.3 Å². The van der Waals surface area contributed by atoms with E-state index in [1.165, 1.54) is 0 Å². The van der Waals surface area contributed by atoms with Crippen LogP contribution in [0.2, 0.25) is 0 Å². The van der Waals surface area contributed by atoms with Crippen molar-refractivity contribution in [3.63, 3.8) is 0 Å². The normalized spacial score (nSPS) is 21.0. The van der Waals surface area contributed by atoms with Crippen LogP contribution < -0.4 is 5.32 Å². The van der Waals surface area contributed by atoms with Crippen molar-refractivity contribution in [3.05, 3.63) is 35.4 Å². The van der Waals surface area contributed by atoms with Gasteiger partial charge in [0.2, 0.25) is 11.8 Å². The number of benzene rings is 1. The lowest BCUT2D eigenvalue weighted by Gasteiger charge is -2.20. The minimum Gasteiger partial charge on any atom is -0.351 e. The lowest BCUT2D eigenvalue weighted by molar-refractivity contribution is -0.128. The van der Waals surface area contributed by atoms with Gasteiger partial charge in [0.05, 0.1) is 6.54 Å². The van der Waals surface area contributed by atoms with Gasteiger partial charge in [-0.3, -0.25) is 14.5 Å². The molecule has 1 atom stereocenters. The molecule has 6 heteroatoms. The number of hydrogen-bond donors (Lipinski definition) is 1. The Morgan fingerprint density at radius 1 is 1.23 bits per heavy atom. The molecule has 2 aliphatic heterocycles. The Labute approximate surface area is 156 Å². The molecular weight excluding hydrogens is 328 g/mol. The molecule has 142 valence electrons. The first kappa shape index (κ1) is 18.9. The highest BCUT2D eigenvalue weighted by Gasteiger charge is 2.25. The molecule has 0 aromatic heterocycles. The van der Waals surface area contributed by atoms with Crippen molar-refractivity contribution in [3.8, 4) is 0 Å². The van der Waals surface area contributed by atoms with E-state index in [9.17, 15) is 9.59 Å². The molecule has 2 saturated heterocycles. The molecule has 2 amide bonds. The van der Waals surface area contributed by atoms with Crippen molar-refractivity contribution >= 4 is 11.8 Å². The van der Waals surface area contributed by atoms with Gasteiger partial charge in [-0.2, -0.15) is 0 Å². The second-order valence-corrected chi connectivity index (χ2v) is 7.61. The lowest BCUT2D eigenvalue weighted by Crippen LogP contribution is -2.38. The van der Waals surface area contributed by atoms with Crippen LogP contribution in [-0.2, 0) is 22.7 Å². The highest BCUT2D eigenvalue weighted by molar-refractivity contribution is 5.78. The summed E-state index contributed by atoms with van der Waals surface area (Å²) >= 11 is 0. The number of nitrogens with zero attached hydrogens (tertiary/aromatic N) is 3. The Morgan fingerprint density at radius 2 is 2.00 bits per heavy atom. The molecular formula is C20H30N4O2. The zero-order valence-corrected chi connectivity index (χ0v) is 15.9. The molecule has 26 heavy (non-hydrogen) atoms. The van der Waals surface area contributed by atoms with E-state index in [2.05, 4.69) is 35.3 Å². The topological polar surface area (TPSA) is 55.9 Å². The minimum atomic E-state index is 0.0662. The first-order valence-electron chi connectivity index (χ1n) is 9.53. The van der Waals surface area contributed by atoms with Gasteiger partial charge in [0.25, 0.3) is 0 Å². The summed E-state index contributed by atoms with van der Waals surface area (Å²) in [6.07, 6.45) is 2.72. The number of carbonyl (C=O) groups excluding carboxylic acids is 2. The van der Waals surface area contributed by atoms with Crippen LogP contribution in [0.3, 0.4) is 0 Å². The molecule has 0 bridgehead atoms. The van der Waals surface area contributed by atoms with Gasteiger partial charge >= 0.3 is 0 Å². The van der Waals surface area contributed by atoms with Gasteiger partial charge in [-0.1, -0.05) is 24.3 Å². The second-order valence-electron chi connectivity index (χ2n) is 7.61. The number of likely N-dealkylation sites (tertiary alicyclic amines) is 2. The van der Waals surface area contributed by atoms with Crippen molar-refractivity contribution in [2.24, 2.45) is 0 Å². The van der Waals surface area contributed by atoms with Gasteiger partial charge < -0.3 is 15.1 Å². The van der Waals surface area contributed by atoms with Crippen LogP contribution in [0.15, 0.2) is 24.3 Å². The third-order valence-corrected chi connectivity index (χ3v) is 5.47. The third-order valence-electron chi connectivity index (χ3n) is 5.47. The predicted octanol–water partition coefficient (Wildman–Crippen LogP) is 1.06. The van der Waals surface area contributed by atoms with E-state index in [0.717, 1.165) is 43.6 Å². The predicted molar refractivity (Wildman–Crippen MR) is 101 cm³/mol. The van der Waals surface area contributed by atoms with Crippen molar-refractivity contribution in [2.45, 2.75) is 38.4 Å². The number of likely N-dealkylation sites (N-methyl/N-ethyl adjacent to an activating group) is 1. The van der Waals surface area contributed by atoms with Crippen LogP contribution >= 0.6 is 0 Å². The van der Waals surface area contributed by atoms with E-state index in [4.69, 9.17) is 0 Å². The lowest BCUT2D eigenvalue weighted by atomic mass is 10.1. The van der Waals surface area contributed by atoms with Crippen LogP contribution in [-0.4, -0.2) is 72.8 Å². The number of carbonyl (C=O) groups is 2. The number of rotatable bonds is 7. The van der Waals surface area contributed by atoms with Crippen molar-refractivity contribution in [1.82, 2.24) is 20.0 Å². The van der Waals surface area contributed by atoms with Crippen LogP contribution in [0.1, 0.15) is 30.4 Å². The van der Waals surface area contributed by atoms with Crippen LogP contribution in [0, 0.1) is 0 Å². The van der Waals surface area contributed by atoms with E-state index >= 15 is 0 Å². The highest BCUT2D eigenvalue weighted by atomic mass is 16.2. The molecule has 3 rings (SSSR count). The van der Waals surface area contributed by atoms with Crippen molar-refractivity contribution < 1.29 is 9.59 Å². The standard InChI is InChI=1S/C20H30N4O2/c1-22(2)18-9-11-23(14-18)15-19(25)21-12-16-6-3-4-7-17(16)13-24-10-5-8-20(24)26/h3-4,6-7,18H,5,8-15H2,1-2H3,(H,21,25). The molecule has 2 heterocycles. The maximum Gasteiger partial charge on any atom is 0.234 e. The molecule has 0 saturated carbocycles. The fourth-order valence-corrected chi connectivity index (χ4v) is 3.79. The average molecular weight is 358 g/mol. The summed E-state index contributed by atoms with van der Waals surface area (Å²) in [4.78, 5) is 30.6. The molecule has 1 N–H and O–H groups in total. The first-order valence-corrected chi connectivity index (χ1v) is 9.53. The Kier molecular flexibility index (Phi) is 6.27. The zero-order chi connectivity index (χ0) is 18.5. The molecule has 1 unspecified atom stereocenters. The minimum absolute atomic E-state index is 0.0662. The van der Waals surface area contributed by atoms with Crippen LogP contribution in [0.5, 0.6) is 0 Å². The Balaban J connectivity index is 1.50. The maximum atomic E-state index is 12.3. The summed E-state index contributed by atoms with van der Waals surface area (Å²) in [5.41, 5.74) is 2.21. The van der Waals surface area contributed by atoms with E-state index in [-0.39, 0.29) is 11.8 Å². The molecule has 2 aliphatic rings. The molecule has 0 aliphatic carbocycles. The van der Waals surface area contributed by atoms with Gasteiger partial charge in [0, 0.05) is 45.2 Å². The Hall–Kier alpha value is -1.92. The zero-order valence-electron chi connectivity index (χ0n) is 15.9. The number of nitrogens with one attached hydrogen (secondary N) is 1. The summed E-state index contributed by atoms with van der Waals surface area (Å²) in [7, 11) is 4.19. The quantitative estimate of drug-likeness (QED) is 0.792. The first-order chi connectivity index (χ1) is 12.5. The monoisotopic (exact) mass is 358 g/mol. The fraction of sp³-hybridized carbons (Fsp3) is 0.600. The van der Waals surface area contributed by atoms with Gasteiger partial charge in [-0.25, -0.2) is 0 Å². The summed E-state index contributed by atoms with van der Waals surface area (Å²) in [6, 6.07) is 8.61. The smallest absolute Gasteiger partial charge is 0.234 e. The van der Waals surface area contributed by atoms with Gasteiger partial charge in [-0.15, -0.1) is 0 Å².